The van der Waals surface area contributed by atoms with Gasteiger partial charge in [0.25, 0.3) is 5.91 Å². The zero-order valence-corrected chi connectivity index (χ0v) is 16.5. The number of carbonyl (C=O) groups is 1. The Morgan fingerprint density at radius 2 is 2.00 bits per heavy atom. The predicted octanol–water partition coefficient (Wildman–Crippen LogP) is 5.17. The van der Waals surface area contributed by atoms with Crippen molar-refractivity contribution in [2.45, 2.75) is 6.54 Å². The second kappa shape index (κ2) is 8.18. The molecular formula is C16H10BrClFN3OS2. The van der Waals surface area contributed by atoms with Gasteiger partial charge in [-0.3, -0.25) is 4.79 Å². The van der Waals surface area contributed by atoms with Crippen LogP contribution >= 0.6 is 50.2 Å². The van der Waals surface area contributed by atoms with E-state index in [9.17, 15) is 9.18 Å². The molecule has 0 atom stereocenters. The maximum Gasteiger partial charge on any atom is 0.282 e. The summed E-state index contributed by atoms with van der Waals surface area (Å²) in [5.74, 6) is -0.668. The van der Waals surface area contributed by atoms with E-state index in [4.69, 9.17) is 11.6 Å². The first-order chi connectivity index (χ1) is 12.0. The molecule has 1 aromatic carbocycles. The van der Waals surface area contributed by atoms with Crippen LogP contribution in [0.3, 0.4) is 0 Å². The van der Waals surface area contributed by atoms with E-state index in [1.165, 1.54) is 12.1 Å². The van der Waals surface area contributed by atoms with Crippen molar-refractivity contribution in [3.8, 4) is 0 Å². The van der Waals surface area contributed by atoms with E-state index in [0.717, 1.165) is 26.3 Å². The largest absolute Gasteiger partial charge is 0.346 e. The van der Waals surface area contributed by atoms with Gasteiger partial charge in [0.05, 0.1) is 8.82 Å². The number of carbonyl (C=O) groups excluding carboxylic acids is 1. The van der Waals surface area contributed by atoms with Crippen molar-refractivity contribution in [2.24, 2.45) is 0 Å². The van der Waals surface area contributed by atoms with Crippen LogP contribution in [0.15, 0.2) is 39.5 Å². The fourth-order valence-corrected chi connectivity index (χ4v) is 3.96. The molecule has 1 amide bonds. The van der Waals surface area contributed by atoms with Crippen LogP contribution in [-0.4, -0.2) is 16.1 Å². The molecule has 128 valence electrons. The van der Waals surface area contributed by atoms with Crippen molar-refractivity contribution in [1.29, 1.82) is 0 Å². The standard InChI is InChI=1S/C16H10BrClFN3OS2/c17-13-6-10(8-24-13)5-12(18)15-21-22-16(25-15)14(23)20-7-9-1-3-11(19)4-2-9/h1-6,8H,7H2,(H,20,23)/b12-5-. The summed E-state index contributed by atoms with van der Waals surface area (Å²) in [6.45, 7) is 0.278. The first-order valence-electron chi connectivity index (χ1n) is 6.99. The topological polar surface area (TPSA) is 54.9 Å². The Hall–Kier alpha value is -1.61. The average molecular weight is 459 g/mol. The maximum absolute atomic E-state index is 12.9. The molecule has 1 N–H and O–H groups in total. The van der Waals surface area contributed by atoms with Gasteiger partial charge in [0.1, 0.15) is 5.82 Å². The number of thiophene rings is 1. The Morgan fingerprint density at radius 1 is 1.28 bits per heavy atom. The SMILES string of the molecule is O=C(NCc1ccc(F)cc1)c1nnc(/C(Cl)=C/c2csc(Br)c2)s1. The molecule has 0 bridgehead atoms. The van der Waals surface area contributed by atoms with Crippen LogP contribution in [0.5, 0.6) is 0 Å². The van der Waals surface area contributed by atoms with Crippen molar-refractivity contribution >= 4 is 67.2 Å². The van der Waals surface area contributed by atoms with E-state index in [1.54, 1.807) is 29.5 Å². The lowest BCUT2D eigenvalue weighted by Gasteiger charge is -2.02. The average Bonchev–Trinajstić information content (AvgIpc) is 3.23. The van der Waals surface area contributed by atoms with Gasteiger partial charge in [-0.05, 0) is 56.7 Å². The number of benzene rings is 1. The lowest BCUT2D eigenvalue weighted by Crippen LogP contribution is -2.22. The van der Waals surface area contributed by atoms with Crippen molar-refractivity contribution in [3.63, 3.8) is 0 Å². The summed E-state index contributed by atoms with van der Waals surface area (Å²) in [5.41, 5.74) is 1.74. The fourth-order valence-electron chi connectivity index (χ4n) is 1.88. The monoisotopic (exact) mass is 457 g/mol. The number of halogens is 3. The predicted molar refractivity (Wildman–Crippen MR) is 103 cm³/mol. The number of aromatic nitrogens is 2. The van der Waals surface area contributed by atoms with Crippen molar-refractivity contribution < 1.29 is 9.18 Å². The minimum absolute atomic E-state index is 0.218. The summed E-state index contributed by atoms with van der Waals surface area (Å²) in [5, 5.41) is 13.6. The van der Waals surface area contributed by atoms with Gasteiger partial charge >= 0.3 is 0 Å². The molecule has 0 saturated carbocycles. The van der Waals surface area contributed by atoms with Crippen LogP contribution in [-0.2, 0) is 6.54 Å². The highest BCUT2D eigenvalue weighted by atomic mass is 79.9. The third-order valence-corrected chi connectivity index (χ3v) is 5.95. The molecule has 4 nitrogen and oxygen atoms in total. The summed E-state index contributed by atoms with van der Waals surface area (Å²) >= 11 is 12.3. The zero-order chi connectivity index (χ0) is 17.8. The molecule has 3 rings (SSSR count). The summed E-state index contributed by atoms with van der Waals surface area (Å²) in [6.07, 6.45) is 1.77. The number of rotatable bonds is 5. The smallest absolute Gasteiger partial charge is 0.282 e. The van der Waals surface area contributed by atoms with Crippen LogP contribution < -0.4 is 5.32 Å². The van der Waals surface area contributed by atoms with Gasteiger partial charge in [-0.15, -0.1) is 21.5 Å². The molecule has 2 heterocycles. The molecule has 0 spiro atoms. The van der Waals surface area contributed by atoms with Gasteiger partial charge < -0.3 is 5.32 Å². The summed E-state index contributed by atoms with van der Waals surface area (Å²) < 4.78 is 13.9. The minimum Gasteiger partial charge on any atom is -0.346 e. The molecule has 0 unspecified atom stereocenters. The van der Waals surface area contributed by atoms with Gasteiger partial charge in [0, 0.05) is 6.54 Å². The van der Waals surface area contributed by atoms with Crippen molar-refractivity contribution in [3.05, 3.63) is 66.5 Å². The van der Waals surface area contributed by atoms with Crippen molar-refractivity contribution in [1.82, 2.24) is 15.5 Å². The highest BCUT2D eigenvalue weighted by Gasteiger charge is 2.14. The van der Waals surface area contributed by atoms with Crippen molar-refractivity contribution in [2.75, 3.05) is 0 Å². The Labute approximate surface area is 164 Å². The van der Waals surface area contributed by atoms with E-state index >= 15 is 0 Å². The summed E-state index contributed by atoms with van der Waals surface area (Å²) in [6, 6.07) is 7.85. The molecule has 0 aliphatic carbocycles. The lowest BCUT2D eigenvalue weighted by atomic mass is 10.2. The van der Waals surface area contributed by atoms with E-state index in [0.29, 0.717) is 10.0 Å². The molecule has 0 aliphatic heterocycles. The highest BCUT2D eigenvalue weighted by molar-refractivity contribution is 9.11. The molecule has 9 heteroatoms. The second-order valence-corrected chi connectivity index (χ2v) is 8.57. The third-order valence-electron chi connectivity index (χ3n) is 3.07. The Bertz CT molecular complexity index is 924. The normalized spacial score (nSPS) is 11.6. The molecule has 0 radical (unpaired) electrons. The molecule has 0 fully saturated rings. The molecule has 25 heavy (non-hydrogen) atoms. The van der Waals surface area contributed by atoms with Crippen LogP contribution in [0, 0.1) is 5.82 Å². The van der Waals surface area contributed by atoms with Gasteiger partial charge in [0.15, 0.2) is 5.01 Å². The van der Waals surface area contributed by atoms with Gasteiger partial charge in [0.2, 0.25) is 5.01 Å². The van der Waals surface area contributed by atoms with Gasteiger partial charge in [-0.1, -0.05) is 35.1 Å². The maximum atomic E-state index is 12.9. The number of hydrogen-bond acceptors (Lipinski definition) is 5. The number of hydrogen-bond donors (Lipinski definition) is 1. The third kappa shape index (κ3) is 4.94. The molecule has 0 aliphatic rings. The Balaban J connectivity index is 1.64. The fraction of sp³-hybridized carbons (Fsp3) is 0.0625. The molecule has 2 aromatic heterocycles. The molecular weight excluding hydrogens is 449 g/mol. The molecule has 3 aromatic rings. The number of nitrogens with zero attached hydrogens (tertiary/aromatic N) is 2. The number of amides is 1. The Kier molecular flexibility index (Phi) is 5.95. The van der Waals surface area contributed by atoms with Crippen LogP contribution in [0.25, 0.3) is 11.1 Å². The summed E-state index contributed by atoms with van der Waals surface area (Å²) in [4.78, 5) is 12.1. The van der Waals surface area contributed by atoms with Gasteiger partial charge in [-0.25, -0.2) is 4.39 Å². The highest BCUT2D eigenvalue weighted by Crippen LogP contribution is 2.28. The molecule has 0 saturated heterocycles. The van der Waals surface area contributed by atoms with E-state index < -0.39 is 0 Å². The quantitative estimate of drug-likeness (QED) is 0.574. The first-order valence-corrected chi connectivity index (χ1v) is 9.86. The Morgan fingerprint density at radius 3 is 2.68 bits per heavy atom. The van der Waals surface area contributed by atoms with E-state index in [-0.39, 0.29) is 23.3 Å². The lowest BCUT2D eigenvalue weighted by molar-refractivity contribution is 0.0950. The number of nitrogens with one attached hydrogen (secondary N) is 1. The zero-order valence-electron chi connectivity index (χ0n) is 12.5. The van der Waals surface area contributed by atoms with Crippen LogP contribution in [0.4, 0.5) is 4.39 Å². The first kappa shape index (κ1) is 18.2. The minimum atomic E-state index is -0.351. The van der Waals surface area contributed by atoms with Crippen LogP contribution in [0.2, 0.25) is 0 Å². The van der Waals surface area contributed by atoms with Crippen LogP contribution in [0.1, 0.15) is 25.9 Å². The van der Waals surface area contributed by atoms with E-state index in [1.807, 2.05) is 11.4 Å². The summed E-state index contributed by atoms with van der Waals surface area (Å²) in [7, 11) is 0. The van der Waals surface area contributed by atoms with Gasteiger partial charge in [-0.2, -0.15) is 0 Å². The second-order valence-electron chi connectivity index (χ2n) is 4.90. The van der Waals surface area contributed by atoms with E-state index in [2.05, 4.69) is 31.4 Å².